The average molecular weight is 921 g/mol. The average Bonchev–Trinajstić information content (AvgIpc) is 3.26. The summed E-state index contributed by atoms with van der Waals surface area (Å²) < 4.78 is 28.6. The van der Waals surface area contributed by atoms with Crippen molar-refractivity contribution in [3.8, 4) is 17.2 Å². The van der Waals surface area contributed by atoms with Crippen LogP contribution >= 0.6 is 0 Å². The second kappa shape index (κ2) is 27.8. The molecule has 0 unspecified atom stereocenters. The van der Waals surface area contributed by atoms with Crippen LogP contribution in [0.4, 0.5) is 0 Å². The van der Waals surface area contributed by atoms with E-state index in [4.69, 9.17) is 46.3 Å². The van der Waals surface area contributed by atoms with Crippen LogP contribution in [0.1, 0.15) is 109 Å². The highest BCUT2D eigenvalue weighted by Crippen LogP contribution is 2.39. The Bertz CT molecular complexity index is 2320. The Kier molecular flexibility index (Phi) is 22.7. The van der Waals surface area contributed by atoms with Gasteiger partial charge in [-0.15, -0.1) is 0 Å². The Morgan fingerprint density at radius 3 is 1.82 bits per heavy atom. The quantitative estimate of drug-likeness (QED) is 0.00932. The molecule has 0 aliphatic rings. The fourth-order valence-corrected chi connectivity index (χ4v) is 7.46. The molecule has 10 N–H and O–H groups in total. The summed E-state index contributed by atoms with van der Waals surface area (Å²) in [5.74, 6) is -1.41. The van der Waals surface area contributed by atoms with E-state index in [0.717, 1.165) is 11.1 Å². The van der Waals surface area contributed by atoms with Crippen LogP contribution in [-0.2, 0) is 48.1 Å². The molecule has 0 aliphatic heterocycles. The lowest BCUT2D eigenvalue weighted by Gasteiger charge is -2.18. The number of aliphatic hydroxyl groups is 1. The van der Waals surface area contributed by atoms with E-state index >= 15 is 0 Å². The number of nitrogens with zero attached hydrogens (tertiary/aromatic N) is 2. The molecular formula is C48H68N6O12. The van der Waals surface area contributed by atoms with E-state index < -0.39 is 23.9 Å². The van der Waals surface area contributed by atoms with Gasteiger partial charge in [-0.3, -0.25) is 34.0 Å². The Balaban J connectivity index is 1.92. The summed E-state index contributed by atoms with van der Waals surface area (Å²) in [6, 6.07) is 3.08. The first-order chi connectivity index (χ1) is 31.5. The van der Waals surface area contributed by atoms with Gasteiger partial charge < -0.3 is 56.5 Å². The van der Waals surface area contributed by atoms with Crippen molar-refractivity contribution >= 4 is 57.9 Å². The number of ether oxygens (including phenoxy) is 4. The number of nitrogens with two attached hydrogens (primary N) is 4. The first-order valence-corrected chi connectivity index (χ1v) is 22.2. The molecule has 1 aromatic heterocycles. The largest absolute Gasteiger partial charge is 0.507 e. The number of fused-ring (bicyclic) bond motifs is 2. The Hall–Kier alpha value is -6.43. The van der Waals surface area contributed by atoms with Crippen LogP contribution in [0.5, 0.6) is 17.2 Å². The van der Waals surface area contributed by atoms with Gasteiger partial charge in [-0.25, -0.2) is 0 Å². The molecule has 18 heteroatoms. The second-order valence-corrected chi connectivity index (χ2v) is 16.6. The fraction of sp³-hybridized carbons (Fsp3) is 0.521. The van der Waals surface area contributed by atoms with Crippen LogP contribution in [0.15, 0.2) is 54.6 Å². The monoisotopic (exact) mass is 920 g/mol. The van der Waals surface area contributed by atoms with E-state index in [1.165, 1.54) is 13.2 Å². The number of allylic oxidation sites excluding steroid dienone is 4. The lowest BCUT2D eigenvalue weighted by Crippen LogP contribution is -2.23. The molecule has 362 valence electrons. The molecule has 3 rings (SSSR count). The maximum atomic E-state index is 14.6. The van der Waals surface area contributed by atoms with Crippen LogP contribution < -0.4 is 37.8 Å². The molecule has 0 saturated carbocycles. The minimum atomic E-state index is -0.644. The van der Waals surface area contributed by atoms with Gasteiger partial charge in [0.2, 0.25) is 5.43 Å². The number of methoxy groups -OCH3 is 1. The number of phenols is 1. The summed E-state index contributed by atoms with van der Waals surface area (Å²) in [4.78, 5) is 71.7. The molecular weight excluding hydrogens is 853 g/mol. The summed E-state index contributed by atoms with van der Waals surface area (Å²) in [5, 5.41) is 22.7. The molecule has 2 aromatic carbocycles. The number of aliphatic hydroxyl groups excluding tert-OH is 1. The van der Waals surface area contributed by atoms with Crippen molar-refractivity contribution in [2.24, 2.45) is 44.8 Å². The Labute approximate surface area is 385 Å². The first kappa shape index (κ1) is 53.9. The van der Waals surface area contributed by atoms with Crippen LogP contribution in [0.3, 0.4) is 0 Å². The number of aromatic hydroxyl groups is 1. The zero-order valence-corrected chi connectivity index (χ0v) is 39.0. The van der Waals surface area contributed by atoms with Crippen molar-refractivity contribution in [2.75, 3.05) is 40.0 Å². The number of rotatable bonds is 31. The molecule has 1 heterocycles. The zero-order valence-electron chi connectivity index (χ0n) is 39.0. The fourth-order valence-electron chi connectivity index (χ4n) is 7.46. The van der Waals surface area contributed by atoms with Crippen molar-refractivity contribution in [2.45, 2.75) is 111 Å². The van der Waals surface area contributed by atoms with E-state index in [1.807, 2.05) is 39.8 Å². The summed E-state index contributed by atoms with van der Waals surface area (Å²) in [6.07, 6.45) is 7.41. The molecule has 0 amide bonds. The predicted octanol–water partition coefficient (Wildman–Crippen LogP) is 5.08. The van der Waals surface area contributed by atoms with E-state index in [1.54, 1.807) is 6.07 Å². The third-order valence-corrected chi connectivity index (χ3v) is 10.8. The van der Waals surface area contributed by atoms with Crippen LogP contribution in [-0.4, -0.2) is 86.2 Å². The minimum absolute atomic E-state index is 0.0178. The number of carbonyl (C=O) groups excluding carboxylic acids is 4. The number of hydrogen-bond acceptors (Lipinski definition) is 14. The highest BCUT2D eigenvalue weighted by molar-refractivity contribution is 5.97. The number of Topliss-reactive ketones (excluding diaryl/α,β-unsaturated/α-hetero) is 2. The number of ketones is 2. The molecule has 0 radical (unpaired) electrons. The SMILES string of the molecule is COC(=O)[C@@H](CCCN=C(N)N)CC(=O)CCCOc1cc2oc3cc(OCCCC(=O)C[C@H](CCCN=C(N)N)COC=O)c(CO)c(CC=C(C)C)c3c(=O)c2c(O)c1CC=C(C)C. The van der Waals surface area contributed by atoms with Gasteiger partial charge in [-0.1, -0.05) is 23.3 Å². The van der Waals surface area contributed by atoms with E-state index in [-0.39, 0.29) is 127 Å². The van der Waals surface area contributed by atoms with Crippen molar-refractivity contribution in [1.29, 1.82) is 0 Å². The van der Waals surface area contributed by atoms with Crippen LogP contribution in [0.25, 0.3) is 21.9 Å². The van der Waals surface area contributed by atoms with Crippen molar-refractivity contribution < 1.29 is 52.8 Å². The van der Waals surface area contributed by atoms with Crippen LogP contribution in [0, 0.1) is 11.8 Å². The van der Waals surface area contributed by atoms with E-state index in [0.29, 0.717) is 74.8 Å². The molecule has 3 aromatic rings. The number of carbonyl (C=O) groups is 4. The zero-order chi connectivity index (χ0) is 48.8. The molecule has 0 saturated heterocycles. The van der Waals surface area contributed by atoms with E-state index in [9.17, 15) is 34.2 Å². The topological polar surface area (TPSA) is 305 Å². The highest BCUT2D eigenvalue weighted by Gasteiger charge is 2.25. The van der Waals surface area contributed by atoms with Gasteiger partial charge in [0.05, 0.1) is 44.8 Å². The number of benzene rings is 2. The molecule has 0 aliphatic carbocycles. The molecule has 0 spiro atoms. The van der Waals surface area contributed by atoms with Gasteiger partial charge in [0.1, 0.15) is 45.4 Å². The standard InChI is InChI=1S/C48H68N6O12/c1-29(2)14-16-35-37(26-55)39(65-21-8-12-33(57)22-31(27-63-28-56)10-6-18-53-47(49)50)25-40-42(35)45(60)43-41(66-40)24-38(36(44(43)59)17-15-30(3)4)64-20-9-13-34(58)23-32(46(61)62-5)11-7-19-54-48(51)52/h14-15,24-25,28,31-32,55,59H,6-13,16-23,26-27H2,1-5H3,(H4,49,50,53)(H4,51,52,54)/t31-,32-/m0/s1. The maximum Gasteiger partial charge on any atom is 0.309 e. The van der Waals surface area contributed by atoms with E-state index in [2.05, 4.69) is 9.98 Å². The van der Waals surface area contributed by atoms with Crippen LogP contribution in [0.2, 0.25) is 0 Å². The summed E-state index contributed by atoms with van der Waals surface area (Å²) in [7, 11) is 1.27. The predicted molar refractivity (Wildman–Crippen MR) is 253 cm³/mol. The third kappa shape index (κ3) is 17.2. The second-order valence-electron chi connectivity index (χ2n) is 16.6. The Morgan fingerprint density at radius 2 is 1.29 bits per heavy atom. The smallest absolute Gasteiger partial charge is 0.309 e. The third-order valence-electron chi connectivity index (χ3n) is 10.8. The van der Waals surface area contributed by atoms with Crippen molar-refractivity contribution in [3.63, 3.8) is 0 Å². The summed E-state index contributed by atoms with van der Waals surface area (Å²) >= 11 is 0. The van der Waals surface area contributed by atoms with Gasteiger partial charge in [-0.2, -0.15) is 0 Å². The van der Waals surface area contributed by atoms with Crippen molar-refractivity contribution in [1.82, 2.24) is 0 Å². The molecule has 0 fully saturated rings. The molecule has 2 atom stereocenters. The maximum absolute atomic E-state index is 14.6. The highest BCUT2D eigenvalue weighted by atomic mass is 16.5. The summed E-state index contributed by atoms with van der Waals surface area (Å²) in [5.41, 5.74) is 24.4. The number of aliphatic imine (C=N–C) groups is 2. The normalized spacial score (nSPS) is 11.8. The lowest BCUT2D eigenvalue weighted by molar-refractivity contribution is -0.147. The van der Waals surface area contributed by atoms with Gasteiger partial charge in [-0.05, 0) is 84.6 Å². The lowest BCUT2D eigenvalue weighted by atomic mass is 9.95. The summed E-state index contributed by atoms with van der Waals surface area (Å²) in [6.45, 7) is 8.47. The Morgan fingerprint density at radius 1 is 0.758 bits per heavy atom. The number of phenolic OH excluding ortho intramolecular Hbond substituents is 1. The minimum Gasteiger partial charge on any atom is -0.507 e. The molecule has 0 bridgehead atoms. The van der Waals surface area contributed by atoms with Gasteiger partial charge >= 0.3 is 5.97 Å². The molecule has 18 nitrogen and oxygen atoms in total. The first-order valence-electron chi connectivity index (χ1n) is 22.2. The van der Waals surface area contributed by atoms with Crippen molar-refractivity contribution in [3.05, 3.63) is 62.3 Å². The molecule has 66 heavy (non-hydrogen) atoms. The van der Waals surface area contributed by atoms with Gasteiger partial charge in [0.25, 0.3) is 6.47 Å². The van der Waals surface area contributed by atoms with Gasteiger partial charge in [0.15, 0.2) is 11.9 Å². The van der Waals surface area contributed by atoms with Gasteiger partial charge in [0, 0.05) is 68.0 Å². The number of esters is 1. The number of guanidine groups is 2. The number of hydrogen-bond donors (Lipinski definition) is 6.